The molecule has 0 bridgehead atoms. The third-order valence-electron chi connectivity index (χ3n) is 4.93. The number of nitrogens with zero attached hydrogens (tertiary/aromatic N) is 4. The maximum Gasteiger partial charge on any atom is 0.127 e. The number of H-pyrrole nitrogens is 1. The Morgan fingerprint density at radius 2 is 1.92 bits per heavy atom. The molecule has 0 aliphatic carbocycles. The van der Waals surface area contributed by atoms with Gasteiger partial charge in [0.05, 0.1) is 13.7 Å². The van der Waals surface area contributed by atoms with Crippen molar-refractivity contribution in [1.29, 1.82) is 0 Å². The van der Waals surface area contributed by atoms with Gasteiger partial charge < -0.3 is 14.3 Å². The summed E-state index contributed by atoms with van der Waals surface area (Å²) in [5, 5.41) is 0. The molecule has 25 heavy (non-hydrogen) atoms. The largest absolute Gasteiger partial charge is 0.497 e. The molecule has 0 spiro atoms. The van der Waals surface area contributed by atoms with Gasteiger partial charge in [0.25, 0.3) is 0 Å². The van der Waals surface area contributed by atoms with E-state index in [4.69, 9.17) is 4.74 Å². The standard InChI is InChI=1S/C19H23N5O/c1-25-17-4-2-16(3-5-17)24-13-10-20-18(24)14-23-11-6-15(7-12-23)19-21-8-9-22-19/h2-5,8-10,13,15H,6-7,11-12,14H2,1H3,(H,21,22). The number of rotatable bonds is 5. The molecule has 4 rings (SSSR count). The quantitative estimate of drug-likeness (QED) is 0.777. The Morgan fingerprint density at radius 3 is 2.60 bits per heavy atom. The second-order valence-corrected chi connectivity index (χ2v) is 6.44. The van der Waals surface area contributed by atoms with E-state index in [0.717, 1.165) is 55.6 Å². The van der Waals surface area contributed by atoms with E-state index in [1.54, 1.807) is 7.11 Å². The number of hydrogen-bond acceptors (Lipinski definition) is 4. The topological polar surface area (TPSA) is 59.0 Å². The number of hydrogen-bond donors (Lipinski definition) is 1. The minimum Gasteiger partial charge on any atom is -0.497 e. The van der Waals surface area contributed by atoms with Crippen LogP contribution in [0, 0.1) is 0 Å². The Kier molecular flexibility index (Phi) is 4.52. The zero-order valence-electron chi connectivity index (χ0n) is 14.4. The van der Waals surface area contributed by atoms with Gasteiger partial charge in [0, 0.05) is 36.4 Å². The Hall–Kier alpha value is -2.60. The maximum atomic E-state index is 5.24. The summed E-state index contributed by atoms with van der Waals surface area (Å²) in [5.41, 5.74) is 1.11. The number of aromatic nitrogens is 4. The molecule has 6 heteroatoms. The zero-order valence-corrected chi connectivity index (χ0v) is 14.4. The lowest BCUT2D eigenvalue weighted by molar-refractivity contribution is 0.197. The van der Waals surface area contributed by atoms with Crippen LogP contribution < -0.4 is 4.74 Å². The van der Waals surface area contributed by atoms with Crippen LogP contribution in [0.15, 0.2) is 49.1 Å². The van der Waals surface area contributed by atoms with Gasteiger partial charge in [-0.15, -0.1) is 0 Å². The Labute approximate surface area is 147 Å². The number of methoxy groups -OCH3 is 1. The highest BCUT2D eigenvalue weighted by Crippen LogP contribution is 2.26. The van der Waals surface area contributed by atoms with Gasteiger partial charge in [-0.05, 0) is 50.2 Å². The first kappa shape index (κ1) is 15.9. The number of imidazole rings is 2. The molecule has 1 fully saturated rings. The molecule has 1 aliphatic heterocycles. The number of ether oxygens (including phenoxy) is 1. The van der Waals surface area contributed by atoms with Crippen LogP contribution in [-0.4, -0.2) is 44.6 Å². The van der Waals surface area contributed by atoms with Gasteiger partial charge in [-0.2, -0.15) is 0 Å². The molecule has 1 saturated heterocycles. The smallest absolute Gasteiger partial charge is 0.127 e. The molecule has 0 radical (unpaired) electrons. The third kappa shape index (κ3) is 3.44. The Morgan fingerprint density at radius 1 is 1.12 bits per heavy atom. The van der Waals surface area contributed by atoms with Crippen LogP contribution in [0.3, 0.4) is 0 Å². The highest BCUT2D eigenvalue weighted by atomic mass is 16.5. The van der Waals surface area contributed by atoms with E-state index in [2.05, 4.69) is 36.6 Å². The van der Waals surface area contributed by atoms with Gasteiger partial charge in [-0.1, -0.05) is 0 Å². The number of piperidine rings is 1. The van der Waals surface area contributed by atoms with Gasteiger partial charge in [0.1, 0.15) is 17.4 Å². The molecule has 1 aliphatic rings. The SMILES string of the molecule is COc1ccc(-n2ccnc2CN2CCC(c3ncc[nH]3)CC2)cc1. The van der Waals surface area contributed by atoms with Crippen LogP contribution in [0.2, 0.25) is 0 Å². The van der Waals surface area contributed by atoms with E-state index in [1.165, 1.54) is 0 Å². The highest BCUT2D eigenvalue weighted by Gasteiger charge is 2.23. The van der Waals surface area contributed by atoms with Crippen LogP contribution in [0.4, 0.5) is 0 Å². The van der Waals surface area contributed by atoms with E-state index in [9.17, 15) is 0 Å². The van der Waals surface area contributed by atoms with Crippen molar-refractivity contribution in [2.45, 2.75) is 25.3 Å². The number of nitrogens with one attached hydrogen (secondary N) is 1. The number of aromatic amines is 1. The van der Waals surface area contributed by atoms with Crippen LogP contribution >= 0.6 is 0 Å². The van der Waals surface area contributed by atoms with Crippen molar-refractivity contribution in [3.63, 3.8) is 0 Å². The summed E-state index contributed by atoms with van der Waals surface area (Å²) in [6, 6.07) is 8.09. The molecule has 0 unspecified atom stereocenters. The highest BCUT2D eigenvalue weighted by molar-refractivity contribution is 5.38. The molecular weight excluding hydrogens is 314 g/mol. The van der Waals surface area contributed by atoms with Crippen LogP contribution in [0.1, 0.15) is 30.4 Å². The van der Waals surface area contributed by atoms with Crippen molar-refractivity contribution in [2.24, 2.45) is 0 Å². The lowest BCUT2D eigenvalue weighted by Gasteiger charge is -2.30. The van der Waals surface area contributed by atoms with E-state index < -0.39 is 0 Å². The molecule has 0 amide bonds. The first-order valence-electron chi connectivity index (χ1n) is 8.72. The lowest BCUT2D eigenvalue weighted by atomic mass is 9.96. The lowest BCUT2D eigenvalue weighted by Crippen LogP contribution is -2.33. The maximum absolute atomic E-state index is 5.24. The van der Waals surface area contributed by atoms with Crippen molar-refractivity contribution in [3.8, 4) is 11.4 Å². The number of benzene rings is 1. The van der Waals surface area contributed by atoms with Crippen molar-refractivity contribution >= 4 is 0 Å². The summed E-state index contributed by atoms with van der Waals surface area (Å²) < 4.78 is 7.39. The van der Waals surface area contributed by atoms with Crippen LogP contribution in [0.5, 0.6) is 5.75 Å². The molecule has 3 heterocycles. The van der Waals surface area contributed by atoms with Gasteiger partial charge >= 0.3 is 0 Å². The fourth-order valence-corrected chi connectivity index (χ4v) is 3.49. The molecule has 3 aromatic rings. The average Bonchev–Trinajstić information content (AvgIpc) is 3.35. The zero-order chi connectivity index (χ0) is 17.1. The van der Waals surface area contributed by atoms with E-state index in [0.29, 0.717) is 5.92 Å². The van der Waals surface area contributed by atoms with Gasteiger partial charge in [-0.25, -0.2) is 9.97 Å². The van der Waals surface area contributed by atoms with E-state index in [1.807, 2.05) is 36.9 Å². The molecule has 1 aromatic carbocycles. The van der Waals surface area contributed by atoms with Crippen LogP contribution in [-0.2, 0) is 6.54 Å². The summed E-state index contributed by atoms with van der Waals surface area (Å²) >= 11 is 0. The molecule has 1 N–H and O–H groups in total. The molecule has 0 atom stereocenters. The minimum absolute atomic E-state index is 0.549. The Bertz CT molecular complexity index is 786. The fourth-order valence-electron chi connectivity index (χ4n) is 3.49. The minimum atomic E-state index is 0.549. The van der Waals surface area contributed by atoms with Gasteiger partial charge in [0.15, 0.2) is 0 Å². The third-order valence-corrected chi connectivity index (χ3v) is 4.93. The number of likely N-dealkylation sites (tertiary alicyclic amines) is 1. The summed E-state index contributed by atoms with van der Waals surface area (Å²) in [6.07, 6.45) is 9.91. The molecule has 2 aromatic heterocycles. The van der Waals surface area contributed by atoms with E-state index >= 15 is 0 Å². The summed E-state index contributed by atoms with van der Waals surface area (Å²) in [5.74, 6) is 3.61. The predicted molar refractivity (Wildman–Crippen MR) is 96.0 cm³/mol. The average molecular weight is 337 g/mol. The van der Waals surface area contributed by atoms with E-state index in [-0.39, 0.29) is 0 Å². The summed E-state index contributed by atoms with van der Waals surface area (Å²) in [7, 11) is 1.68. The first-order valence-corrected chi connectivity index (χ1v) is 8.72. The monoisotopic (exact) mass is 337 g/mol. The van der Waals surface area contributed by atoms with Crippen molar-refractivity contribution in [3.05, 3.63) is 60.7 Å². The fraction of sp³-hybridized carbons (Fsp3) is 0.368. The summed E-state index contributed by atoms with van der Waals surface area (Å²) in [6.45, 7) is 3.01. The van der Waals surface area contributed by atoms with Gasteiger partial charge in [-0.3, -0.25) is 4.90 Å². The van der Waals surface area contributed by atoms with Crippen LogP contribution in [0.25, 0.3) is 5.69 Å². The Balaban J connectivity index is 1.41. The predicted octanol–water partition coefficient (Wildman–Crippen LogP) is 2.98. The summed E-state index contributed by atoms with van der Waals surface area (Å²) in [4.78, 5) is 14.7. The van der Waals surface area contributed by atoms with Crippen molar-refractivity contribution in [1.82, 2.24) is 24.4 Å². The first-order chi connectivity index (χ1) is 12.3. The molecule has 130 valence electrons. The normalized spacial score (nSPS) is 16.2. The van der Waals surface area contributed by atoms with Gasteiger partial charge in [0.2, 0.25) is 0 Å². The molecular formula is C19H23N5O. The van der Waals surface area contributed by atoms with Crippen molar-refractivity contribution < 1.29 is 4.74 Å². The second kappa shape index (κ2) is 7.11. The second-order valence-electron chi connectivity index (χ2n) is 6.44. The van der Waals surface area contributed by atoms with Crippen molar-refractivity contribution in [2.75, 3.05) is 20.2 Å². The molecule has 0 saturated carbocycles. The molecule has 6 nitrogen and oxygen atoms in total.